The van der Waals surface area contributed by atoms with Crippen LogP contribution in [0.15, 0.2) is 40.9 Å². The van der Waals surface area contributed by atoms with Crippen LogP contribution in [0.25, 0.3) is 0 Å². The molecule has 3 nitrogen and oxygen atoms in total. The average molecular weight is 320 g/mol. The Morgan fingerprint density at radius 3 is 2.32 bits per heavy atom. The molecular weight excluding hydrogens is 308 g/mol. The highest BCUT2D eigenvalue weighted by atomic mass is 79.9. The van der Waals surface area contributed by atoms with Gasteiger partial charge in [0.2, 0.25) is 0 Å². The molecule has 97 valence electrons. The van der Waals surface area contributed by atoms with Crippen molar-refractivity contribution in [3.05, 3.63) is 58.1 Å². The first-order valence-corrected chi connectivity index (χ1v) is 6.39. The van der Waals surface area contributed by atoms with Crippen molar-refractivity contribution < 1.29 is 14.3 Å². The van der Waals surface area contributed by atoms with Crippen molar-refractivity contribution >= 4 is 21.7 Å². The van der Waals surface area contributed by atoms with Crippen LogP contribution >= 0.6 is 15.9 Å². The molecular formula is C15H12BrO3. The maximum Gasteiger partial charge on any atom is 0.193 e. The topological polar surface area (TPSA) is 35.5 Å². The first-order chi connectivity index (χ1) is 9.15. The van der Waals surface area contributed by atoms with Crippen molar-refractivity contribution in [1.82, 2.24) is 0 Å². The van der Waals surface area contributed by atoms with Gasteiger partial charge in [-0.2, -0.15) is 0 Å². The predicted molar refractivity (Wildman–Crippen MR) is 76.0 cm³/mol. The molecule has 2 aromatic rings. The van der Waals surface area contributed by atoms with Crippen LogP contribution in [0.4, 0.5) is 0 Å². The maximum atomic E-state index is 12.3. The van der Waals surface area contributed by atoms with Gasteiger partial charge in [-0.3, -0.25) is 4.79 Å². The first kappa shape index (κ1) is 13.6. The van der Waals surface area contributed by atoms with Crippen LogP contribution < -0.4 is 9.47 Å². The lowest BCUT2D eigenvalue weighted by atomic mass is 10.0. The van der Waals surface area contributed by atoms with E-state index in [9.17, 15) is 4.79 Å². The molecule has 0 fully saturated rings. The predicted octanol–water partition coefficient (Wildman–Crippen LogP) is 3.50. The highest BCUT2D eigenvalue weighted by Crippen LogP contribution is 2.28. The average Bonchev–Trinajstić information content (AvgIpc) is 2.46. The second-order valence-corrected chi connectivity index (χ2v) is 4.74. The maximum absolute atomic E-state index is 12.3. The molecule has 0 N–H and O–H groups in total. The smallest absolute Gasteiger partial charge is 0.193 e. The van der Waals surface area contributed by atoms with Gasteiger partial charge in [0.05, 0.1) is 14.2 Å². The Balaban J connectivity index is 2.36. The van der Waals surface area contributed by atoms with Crippen LogP contribution in [-0.4, -0.2) is 20.0 Å². The zero-order valence-electron chi connectivity index (χ0n) is 10.6. The number of halogens is 1. The van der Waals surface area contributed by atoms with E-state index >= 15 is 0 Å². The lowest BCUT2D eigenvalue weighted by Gasteiger charge is -2.08. The molecule has 0 atom stereocenters. The standard InChI is InChI=1S/C15H12BrO3/c1-18-13-8-5-11(9-14(13)19-2)15(17)10-3-6-12(16)7-4-10/h3-4,6-9H,1-2H3. The van der Waals surface area contributed by atoms with E-state index in [-0.39, 0.29) is 5.78 Å². The molecule has 4 heteroatoms. The Kier molecular flexibility index (Phi) is 4.22. The van der Waals surface area contributed by atoms with Crippen LogP contribution in [0.5, 0.6) is 11.5 Å². The Bertz CT molecular complexity index is 591. The Hall–Kier alpha value is -1.81. The van der Waals surface area contributed by atoms with Gasteiger partial charge in [0.25, 0.3) is 0 Å². The third kappa shape index (κ3) is 2.96. The lowest BCUT2D eigenvalue weighted by Crippen LogP contribution is -2.02. The fraction of sp³-hybridized carbons (Fsp3) is 0.133. The molecule has 0 bridgehead atoms. The minimum Gasteiger partial charge on any atom is -0.493 e. The van der Waals surface area contributed by atoms with Gasteiger partial charge in [-0.15, -0.1) is 0 Å². The second-order valence-electron chi connectivity index (χ2n) is 3.82. The monoisotopic (exact) mass is 319 g/mol. The number of ether oxygens (including phenoxy) is 2. The third-order valence-electron chi connectivity index (χ3n) is 2.67. The van der Waals surface area contributed by atoms with Crippen LogP contribution in [-0.2, 0) is 0 Å². The summed E-state index contributed by atoms with van der Waals surface area (Å²) in [5, 5.41) is 0. The fourth-order valence-corrected chi connectivity index (χ4v) is 1.93. The van der Waals surface area contributed by atoms with E-state index in [0.717, 1.165) is 4.47 Å². The van der Waals surface area contributed by atoms with E-state index in [1.165, 1.54) is 7.11 Å². The van der Waals surface area contributed by atoms with E-state index in [1.54, 1.807) is 31.4 Å². The van der Waals surface area contributed by atoms with Crippen LogP contribution in [0.1, 0.15) is 15.9 Å². The minimum absolute atomic E-state index is 0.103. The molecule has 0 aliphatic rings. The van der Waals surface area contributed by atoms with Gasteiger partial charge in [0.15, 0.2) is 17.3 Å². The van der Waals surface area contributed by atoms with E-state index in [0.29, 0.717) is 22.6 Å². The van der Waals surface area contributed by atoms with Gasteiger partial charge in [-0.1, -0.05) is 15.9 Å². The summed E-state index contributed by atoms with van der Waals surface area (Å²) in [4.78, 5) is 12.3. The van der Waals surface area contributed by atoms with Gasteiger partial charge >= 0.3 is 0 Å². The Labute approximate surface area is 120 Å². The molecule has 0 aliphatic carbocycles. The zero-order valence-corrected chi connectivity index (χ0v) is 12.2. The first-order valence-electron chi connectivity index (χ1n) is 5.59. The third-order valence-corrected chi connectivity index (χ3v) is 3.20. The number of hydrogen-bond donors (Lipinski definition) is 0. The molecule has 0 unspecified atom stereocenters. The highest BCUT2D eigenvalue weighted by molar-refractivity contribution is 9.10. The van der Waals surface area contributed by atoms with E-state index in [2.05, 4.69) is 22.0 Å². The van der Waals surface area contributed by atoms with E-state index < -0.39 is 0 Å². The SMILES string of the molecule is COc1c[c]c(C(=O)c2ccc(Br)cc2)cc1OC. The molecule has 1 radical (unpaired) electrons. The highest BCUT2D eigenvalue weighted by Gasteiger charge is 2.12. The van der Waals surface area contributed by atoms with Crippen LogP contribution in [0.3, 0.4) is 0 Å². The van der Waals surface area contributed by atoms with Gasteiger partial charge in [-0.05, 0) is 42.5 Å². The number of carbonyl (C=O) groups excluding carboxylic acids is 1. The molecule has 0 amide bonds. The van der Waals surface area contributed by atoms with Crippen molar-refractivity contribution in [3.8, 4) is 11.5 Å². The summed E-state index contributed by atoms with van der Waals surface area (Å²) < 4.78 is 11.2. The zero-order chi connectivity index (χ0) is 13.8. The number of methoxy groups -OCH3 is 2. The van der Waals surface area contributed by atoms with Crippen LogP contribution in [0, 0.1) is 6.07 Å². The molecule has 0 spiro atoms. The van der Waals surface area contributed by atoms with Gasteiger partial charge in [0, 0.05) is 15.6 Å². The molecule has 0 saturated heterocycles. The van der Waals surface area contributed by atoms with Gasteiger partial charge in [0.1, 0.15) is 0 Å². The molecule has 0 aromatic heterocycles. The normalized spacial score (nSPS) is 10.1. The van der Waals surface area contributed by atoms with Crippen molar-refractivity contribution in [2.45, 2.75) is 0 Å². The summed E-state index contributed by atoms with van der Waals surface area (Å²) >= 11 is 3.34. The molecule has 0 aliphatic heterocycles. The number of hydrogen-bond acceptors (Lipinski definition) is 3. The van der Waals surface area contributed by atoms with Crippen molar-refractivity contribution in [1.29, 1.82) is 0 Å². The van der Waals surface area contributed by atoms with Crippen LogP contribution in [0.2, 0.25) is 0 Å². The van der Waals surface area contributed by atoms with E-state index in [4.69, 9.17) is 9.47 Å². The molecule has 0 heterocycles. The number of benzene rings is 2. The summed E-state index contributed by atoms with van der Waals surface area (Å²) in [7, 11) is 3.08. The molecule has 2 rings (SSSR count). The van der Waals surface area contributed by atoms with Gasteiger partial charge < -0.3 is 9.47 Å². The summed E-state index contributed by atoms with van der Waals surface area (Å²) in [5.74, 6) is 0.963. The molecule has 2 aromatic carbocycles. The minimum atomic E-state index is -0.103. The number of rotatable bonds is 4. The fourth-order valence-electron chi connectivity index (χ4n) is 1.67. The number of carbonyl (C=O) groups is 1. The Morgan fingerprint density at radius 2 is 1.74 bits per heavy atom. The quantitative estimate of drug-likeness (QED) is 0.809. The van der Waals surface area contributed by atoms with Crippen molar-refractivity contribution in [3.63, 3.8) is 0 Å². The number of ketones is 1. The summed E-state index contributed by atoms with van der Waals surface area (Å²) in [5.41, 5.74) is 1.05. The summed E-state index contributed by atoms with van der Waals surface area (Å²) in [6.07, 6.45) is 0. The molecule has 0 saturated carbocycles. The van der Waals surface area contributed by atoms with Crippen molar-refractivity contribution in [2.24, 2.45) is 0 Å². The summed E-state index contributed by atoms with van der Waals surface area (Å²) in [6, 6.07) is 13.3. The largest absolute Gasteiger partial charge is 0.493 e. The summed E-state index contributed by atoms with van der Waals surface area (Å²) in [6.45, 7) is 0. The molecule has 19 heavy (non-hydrogen) atoms. The lowest BCUT2D eigenvalue weighted by molar-refractivity contribution is 0.103. The van der Waals surface area contributed by atoms with Gasteiger partial charge in [-0.25, -0.2) is 0 Å². The Morgan fingerprint density at radius 1 is 1.11 bits per heavy atom. The van der Waals surface area contributed by atoms with E-state index in [1.807, 2.05) is 12.1 Å². The van der Waals surface area contributed by atoms with Crippen molar-refractivity contribution in [2.75, 3.05) is 14.2 Å². The second kappa shape index (κ2) is 5.89.